The molecule has 0 bridgehead atoms. The quantitative estimate of drug-likeness (QED) is 0.517. The normalized spacial score (nSPS) is 12.8. The molecular formula is C14H30O4Si. The van der Waals surface area contributed by atoms with E-state index in [0.29, 0.717) is 6.61 Å². The van der Waals surface area contributed by atoms with Gasteiger partial charge in [0.25, 0.3) is 0 Å². The van der Waals surface area contributed by atoms with Gasteiger partial charge in [-0.05, 0) is 18.1 Å². The van der Waals surface area contributed by atoms with Crippen LogP contribution in [0.15, 0.2) is 24.3 Å². The van der Waals surface area contributed by atoms with Crippen molar-refractivity contribution in [1.82, 2.24) is 0 Å². The Morgan fingerprint density at radius 3 is 1.53 bits per heavy atom. The molecule has 0 aromatic heterocycles. The maximum absolute atomic E-state index is 8.52. The summed E-state index contributed by atoms with van der Waals surface area (Å²) < 4.78 is 5.84. The second-order valence-corrected chi connectivity index (χ2v) is 10.4. The topological polar surface area (TPSA) is 69.9 Å². The minimum absolute atomic E-state index is 0.0144. The zero-order chi connectivity index (χ0) is 15.4. The van der Waals surface area contributed by atoms with Crippen molar-refractivity contribution in [2.45, 2.75) is 38.9 Å². The van der Waals surface area contributed by atoms with Crippen LogP contribution in [0.4, 0.5) is 0 Å². The third-order valence-corrected chi connectivity index (χ3v) is 7.50. The van der Waals surface area contributed by atoms with Gasteiger partial charge < -0.3 is 19.7 Å². The first-order chi connectivity index (χ1) is 8.72. The molecule has 0 rings (SSSR count). The first kappa shape index (κ1) is 20.8. The highest BCUT2D eigenvalue weighted by Crippen LogP contribution is 2.36. The Morgan fingerprint density at radius 2 is 1.21 bits per heavy atom. The molecule has 0 heterocycles. The van der Waals surface area contributed by atoms with Gasteiger partial charge in [-0.25, -0.2) is 0 Å². The molecule has 0 aliphatic rings. The van der Waals surface area contributed by atoms with E-state index in [0.717, 1.165) is 0 Å². The average molecular weight is 290 g/mol. The van der Waals surface area contributed by atoms with Crippen LogP contribution in [0.25, 0.3) is 0 Å². The molecule has 0 fully saturated rings. The van der Waals surface area contributed by atoms with Gasteiger partial charge in [-0.2, -0.15) is 0 Å². The number of rotatable bonds is 6. The van der Waals surface area contributed by atoms with Crippen LogP contribution in [0, 0.1) is 0 Å². The zero-order valence-corrected chi connectivity index (χ0v) is 13.9. The molecule has 0 spiro atoms. The number of hydrogen-bond acceptors (Lipinski definition) is 4. The molecule has 19 heavy (non-hydrogen) atoms. The minimum atomic E-state index is -1.59. The molecule has 0 atom stereocenters. The van der Waals surface area contributed by atoms with Crippen molar-refractivity contribution < 1.29 is 19.7 Å². The fourth-order valence-electron chi connectivity index (χ4n) is 0.765. The lowest BCUT2D eigenvalue weighted by Gasteiger charge is -2.35. The standard InChI is InChI=1S/C10H22O2Si.C4H8O2/c1-10(2,3)13(4,5)12-9-7-6-8-11;5-3-1-2-4-6/h6-7,11H,8-9H2,1-5H3;1-2,5-6H,3-4H2/b7-6-;2-1-. The van der Waals surface area contributed by atoms with Crippen LogP contribution in [-0.4, -0.2) is 50.1 Å². The van der Waals surface area contributed by atoms with E-state index in [1.165, 1.54) is 12.2 Å². The maximum atomic E-state index is 8.52. The third-order valence-electron chi connectivity index (χ3n) is 3.00. The molecule has 4 nitrogen and oxygen atoms in total. The average Bonchev–Trinajstić information content (AvgIpc) is 2.31. The number of aliphatic hydroxyl groups excluding tert-OH is 3. The summed E-state index contributed by atoms with van der Waals surface area (Å²) >= 11 is 0. The lowest BCUT2D eigenvalue weighted by atomic mass is 10.2. The Hall–Kier alpha value is -0.463. The molecule has 0 saturated carbocycles. The summed E-state index contributed by atoms with van der Waals surface area (Å²) in [4.78, 5) is 0. The third kappa shape index (κ3) is 12.3. The van der Waals surface area contributed by atoms with Gasteiger partial charge in [-0.1, -0.05) is 45.1 Å². The molecule has 0 radical (unpaired) electrons. The van der Waals surface area contributed by atoms with Crippen molar-refractivity contribution in [2.24, 2.45) is 0 Å². The molecule has 114 valence electrons. The van der Waals surface area contributed by atoms with Crippen molar-refractivity contribution in [3.8, 4) is 0 Å². The molecule has 0 aromatic rings. The Bertz CT molecular complexity index is 249. The molecule has 0 aliphatic carbocycles. The van der Waals surface area contributed by atoms with Gasteiger partial charge in [-0.3, -0.25) is 0 Å². The summed E-state index contributed by atoms with van der Waals surface area (Å²) in [6.07, 6.45) is 6.56. The van der Waals surface area contributed by atoms with Crippen molar-refractivity contribution in [2.75, 3.05) is 26.4 Å². The largest absolute Gasteiger partial charge is 0.413 e. The molecule has 0 unspecified atom stereocenters. The molecule has 0 aliphatic heterocycles. The first-order valence-electron chi connectivity index (χ1n) is 6.49. The summed E-state index contributed by atoms with van der Waals surface area (Å²) in [6, 6.07) is 0. The monoisotopic (exact) mass is 290 g/mol. The van der Waals surface area contributed by atoms with Gasteiger partial charge in [0.1, 0.15) is 0 Å². The number of aliphatic hydroxyl groups is 3. The van der Waals surface area contributed by atoms with Crippen LogP contribution in [-0.2, 0) is 4.43 Å². The molecular weight excluding hydrogens is 260 g/mol. The molecule has 0 aromatic carbocycles. The lowest BCUT2D eigenvalue weighted by molar-refractivity contribution is 0.321. The van der Waals surface area contributed by atoms with Crippen LogP contribution in [0.3, 0.4) is 0 Å². The molecule has 0 saturated heterocycles. The second-order valence-electron chi connectivity index (χ2n) is 5.56. The Kier molecular flexibility index (Phi) is 12.5. The molecule has 0 amide bonds. The minimum Gasteiger partial charge on any atom is -0.413 e. The zero-order valence-electron chi connectivity index (χ0n) is 12.9. The van der Waals surface area contributed by atoms with Gasteiger partial charge in [0.2, 0.25) is 0 Å². The lowest BCUT2D eigenvalue weighted by Crippen LogP contribution is -2.40. The molecule has 3 N–H and O–H groups in total. The van der Waals surface area contributed by atoms with Gasteiger partial charge in [0, 0.05) is 0 Å². The van der Waals surface area contributed by atoms with Gasteiger partial charge in [0.05, 0.1) is 26.4 Å². The maximum Gasteiger partial charge on any atom is 0.192 e. The van der Waals surface area contributed by atoms with Crippen molar-refractivity contribution in [3.05, 3.63) is 24.3 Å². The van der Waals surface area contributed by atoms with Crippen molar-refractivity contribution in [3.63, 3.8) is 0 Å². The van der Waals surface area contributed by atoms with E-state index in [4.69, 9.17) is 19.7 Å². The SMILES string of the molecule is CC(C)(C)[Si](C)(C)OC/C=C\CO.OC/C=C\CO. The van der Waals surface area contributed by atoms with Crippen LogP contribution < -0.4 is 0 Å². The summed E-state index contributed by atoms with van der Waals surface area (Å²) in [5.74, 6) is 0. The molecule has 5 heteroatoms. The smallest absolute Gasteiger partial charge is 0.192 e. The van der Waals surface area contributed by atoms with E-state index in [-0.39, 0.29) is 24.9 Å². The van der Waals surface area contributed by atoms with E-state index < -0.39 is 8.32 Å². The summed E-state index contributed by atoms with van der Waals surface area (Å²) in [7, 11) is -1.59. The predicted octanol–water partition coefficient (Wildman–Crippen LogP) is 2.08. The van der Waals surface area contributed by atoms with Crippen LogP contribution in [0.2, 0.25) is 18.1 Å². The van der Waals surface area contributed by atoms with E-state index >= 15 is 0 Å². The second kappa shape index (κ2) is 11.4. The van der Waals surface area contributed by atoms with E-state index in [1.807, 2.05) is 6.08 Å². The fraction of sp³-hybridized carbons (Fsp3) is 0.714. The highest BCUT2D eigenvalue weighted by Gasteiger charge is 2.36. The van der Waals surface area contributed by atoms with Gasteiger partial charge in [0.15, 0.2) is 8.32 Å². The Labute approximate surface area is 118 Å². The Balaban J connectivity index is 0. The summed E-state index contributed by atoms with van der Waals surface area (Å²) in [6.45, 7) is 11.8. The van der Waals surface area contributed by atoms with Crippen molar-refractivity contribution >= 4 is 8.32 Å². The highest BCUT2D eigenvalue weighted by atomic mass is 28.4. The first-order valence-corrected chi connectivity index (χ1v) is 9.40. The summed E-state index contributed by atoms with van der Waals surface area (Å²) in [5.41, 5.74) is 0. The van der Waals surface area contributed by atoms with Crippen LogP contribution in [0.5, 0.6) is 0 Å². The van der Waals surface area contributed by atoms with Crippen molar-refractivity contribution in [1.29, 1.82) is 0 Å². The summed E-state index contributed by atoms with van der Waals surface area (Å²) in [5, 5.41) is 24.8. The predicted molar refractivity (Wildman–Crippen MR) is 82.7 cm³/mol. The van der Waals surface area contributed by atoms with Gasteiger partial charge >= 0.3 is 0 Å². The number of hydrogen-bond donors (Lipinski definition) is 3. The highest BCUT2D eigenvalue weighted by molar-refractivity contribution is 6.74. The Morgan fingerprint density at radius 1 is 0.842 bits per heavy atom. The van der Waals surface area contributed by atoms with Crippen LogP contribution in [0.1, 0.15) is 20.8 Å². The van der Waals surface area contributed by atoms with E-state index in [9.17, 15) is 0 Å². The fourth-order valence-corrected chi connectivity index (χ4v) is 1.71. The van der Waals surface area contributed by atoms with Gasteiger partial charge in [-0.15, -0.1) is 0 Å². The van der Waals surface area contributed by atoms with E-state index in [2.05, 4.69) is 33.9 Å². The van der Waals surface area contributed by atoms with E-state index in [1.54, 1.807) is 6.08 Å². The van der Waals surface area contributed by atoms with Crippen LogP contribution >= 0.6 is 0 Å².